The molecule has 0 bridgehead atoms. The molecule has 0 aliphatic heterocycles. The van der Waals surface area contributed by atoms with E-state index in [2.05, 4.69) is 0 Å². The average molecular weight is 188 g/mol. The topological polar surface area (TPSA) is 50.4 Å². The van der Waals surface area contributed by atoms with Crippen LogP contribution >= 0.6 is 0 Å². The fourth-order valence-corrected chi connectivity index (χ4v) is 1.18. The molecule has 1 aromatic heterocycles. The standard InChI is InChI=1S/C11H8O3/c12-10-4-1-8(2-5-10)9-3-6-11(13)14-7-9/h1-7,12H. The Labute approximate surface area is 80.2 Å². The van der Waals surface area contributed by atoms with Crippen LogP contribution in [0.5, 0.6) is 5.75 Å². The number of benzene rings is 1. The Bertz CT molecular complexity index is 462. The van der Waals surface area contributed by atoms with Crippen LogP contribution in [0.4, 0.5) is 0 Å². The molecule has 0 fully saturated rings. The van der Waals surface area contributed by atoms with Crippen LogP contribution in [0.25, 0.3) is 11.1 Å². The Kier molecular flexibility index (Phi) is 2.07. The molecule has 0 aliphatic rings. The maximum atomic E-state index is 10.7. The van der Waals surface area contributed by atoms with E-state index in [1.165, 1.54) is 12.3 Å². The molecule has 2 aromatic rings. The fraction of sp³-hybridized carbons (Fsp3) is 0. The van der Waals surface area contributed by atoms with Gasteiger partial charge in [-0.15, -0.1) is 0 Å². The predicted molar refractivity (Wildman–Crippen MR) is 52.1 cm³/mol. The predicted octanol–water partition coefficient (Wildman–Crippen LogP) is 2.01. The van der Waals surface area contributed by atoms with Gasteiger partial charge in [-0.05, 0) is 23.8 Å². The van der Waals surface area contributed by atoms with Crippen LogP contribution in [0, 0.1) is 0 Å². The second-order valence-electron chi connectivity index (χ2n) is 2.89. The van der Waals surface area contributed by atoms with Crippen LogP contribution in [0.1, 0.15) is 0 Å². The van der Waals surface area contributed by atoms with Crippen LogP contribution in [-0.4, -0.2) is 5.11 Å². The van der Waals surface area contributed by atoms with Gasteiger partial charge in [0, 0.05) is 11.6 Å². The Morgan fingerprint density at radius 1 is 0.929 bits per heavy atom. The first-order valence-electron chi connectivity index (χ1n) is 4.14. The van der Waals surface area contributed by atoms with Crippen LogP contribution in [0.3, 0.4) is 0 Å². The second-order valence-corrected chi connectivity index (χ2v) is 2.89. The van der Waals surface area contributed by atoms with Crippen molar-refractivity contribution in [2.24, 2.45) is 0 Å². The Hall–Kier alpha value is -2.03. The van der Waals surface area contributed by atoms with E-state index >= 15 is 0 Å². The van der Waals surface area contributed by atoms with Crippen molar-refractivity contribution in [2.45, 2.75) is 0 Å². The second kappa shape index (κ2) is 3.38. The molecule has 1 heterocycles. The smallest absolute Gasteiger partial charge is 0.335 e. The quantitative estimate of drug-likeness (QED) is 0.744. The van der Waals surface area contributed by atoms with Gasteiger partial charge in [-0.3, -0.25) is 0 Å². The molecule has 2 rings (SSSR count). The minimum Gasteiger partial charge on any atom is -0.508 e. The van der Waals surface area contributed by atoms with Crippen molar-refractivity contribution in [3.05, 3.63) is 53.1 Å². The Morgan fingerprint density at radius 2 is 1.57 bits per heavy atom. The van der Waals surface area contributed by atoms with Gasteiger partial charge < -0.3 is 9.52 Å². The van der Waals surface area contributed by atoms with Crippen molar-refractivity contribution >= 4 is 0 Å². The number of hydrogen-bond donors (Lipinski definition) is 1. The zero-order valence-electron chi connectivity index (χ0n) is 7.31. The largest absolute Gasteiger partial charge is 0.508 e. The van der Waals surface area contributed by atoms with Gasteiger partial charge in [0.2, 0.25) is 0 Å². The van der Waals surface area contributed by atoms with Gasteiger partial charge >= 0.3 is 5.63 Å². The molecular weight excluding hydrogens is 180 g/mol. The highest BCUT2D eigenvalue weighted by molar-refractivity contribution is 5.62. The van der Waals surface area contributed by atoms with E-state index in [1.54, 1.807) is 30.3 Å². The fourth-order valence-electron chi connectivity index (χ4n) is 1.18. The van der Waals surface area contributed by atoms with Crippen LogP contribution in [-0.2, 0) is 0 Å². The van der Waals surface area contributed by atoms with Crippen molar-refractivity contribution in [3.8, 4) is 16.9 Å². The van der Waals surface area contributed by atoms with Gasteiger partial charge in [-0.2, -0.15) is 0 Å². The summed E-state index contributed by atoms with van der Waals surface area (Å²) < 4.78 is 4.72. The van der Waals surface area contributed by atoms with E-state index in [-0.39, 0.29) is 11.4 Å². The third kappa shape index (κ3) is 1.66. The van der Waals surface area contributed by atoms with Crippen LogP contribution < -0.4 is 5.63 Å². The van der Waals surface area contributed by atoms with E-state index in [0.29, 0.717) is 0 Å². The third-order valence-electron chi connectivity index (χ3n) is 1.90. The zero-order valence-corrected chi connectivity index (χ0v) is 7.31. The molecule has 3 heteroatoms. The molecule has 0 saturated heterocycles. The van der Waals surface area contributed by atoms with Crippen LogP contribution in [0.15, 0.2) is 51.9 Å². The first-order chi connectivity index (χ1) is 6.75. The minimum atomic E-state index is -0.368. The summed E-state index contributed by atoms with van der Waals surface area (Å²) in [5.74, 6) is 0.214. The van der Waals surface area contributed by atoms with Crippen molar-refractivity contribution in [1.29, 1.82) is 0 Å². The lowest BCUT2D eigenvalue weighted by molar-refractivity contribution is 0.475. The molecule has 0 aliphatic carbocycles. The van der Waals surface area contributed by atoms with Gasteiger partial charge in [0.15, 0.2) is 0 Å². The Balaban J connectivity index is 2.44. The van der Waals surface area contributed by atoms with Crippen molar-refractivity contribution < 1.29 is 9.52 Å². The molecule has 0 radical (unpaired) electrons. The number of phenolic OH excluding ortho intramolecular Hbond substituents is 1. The van der Waals surface area contributed by atoms with E-state index in [0.717, 1.165) is 11.1 Å². The number of phenols is 1. The van der Waals surface area contributed by atoms with E-state index < -0.39 is 0 Å². The molecule has 1 N–H and O–H groups in total. The van der Waals surface area contributed by atoms with Gasteiger partial charge in [-0.25, -0.2) is 4.79 Å². The molecule has 0 saturated carbocycles. The maximum absolute atomic E-state index is 10.7. The van der Waals surface area contributed by atoms with Gasteiger partial charge in [0.25, 0.3) is 0 Å². The first kappa shape index (κ1) is 8.56. The molecule has 0 unspecified atom stereocenters. The summed E-state index contributed by atoms with van der Waals surface area (Å²) in [5, 5.41) is 9.07. The SMILES string of the molecule is O=c1ccc(-c2ccc(O)cc2)co1. The summed E-state index contributed by atoms with van der Waals surface area (Å²) in [7, 11) is 0. The summed E-state index contributed by atoms with van der Waals surface area (Å²) in [6.45, 7) is 0. The highest BCUT2D eigenvalue weighted by Gasteiger charge is 1.97. The van der Waals surface area contributed by atoms with Crippen LogP contribution in [0.2, 0.25) is 0 Å². The third-order valence-corrected chi connectivity index (χ3v) is 1.90. The molecule has 0 spiro atoms. The molecule has 1 aromatic carbocycles. The molecule has 0 amide bonds. The zero-order chi connectivity index (χ0) is 9.97. The molecule has 0 atom stereocenters. The minimum absolute atomic E-state index is 0.214. The lowest BCUT2D eigenvalue weighted by atomic mass is 10.1. The van der Waals surface area contributed by atoms with E-state index in [1.807, 2.05) is 0 Å². The van der Waals surface area contributed by atoms with Crippen molar-refractivity contribution in [3.63, 3.8) is 0 Å². The van der Waals surface area contributed by atoms with E-state index in [9.17, 15) is 4.79 Å². The molecule has 3 nitrogen and oxygen atoms in total. The Morgan fingerprint density at radius 3 is 2.14 bits per heavy atom. The number of hydrogen-bond acceptors (Lipinski definition) is 3. The highest BCUT2D eigenvalue weighted by Crippen LogP contribution is 2.20. The normalized spacial score (nSPS) is 10.0. The summed E-state index contributed by atoms with van der Waals surface area (Å²) in [6.07, 6.45) is 1.40. The van der Waals surface area contributed by atoms with Gasteiger partial charge in [0.05, 0.1) is 0 Å². The monoisotopic (exact) mass is 188 g/mol. The summed E-state index contributed by atoms with van der Waals surface area (Å²) in [4.78, 5) is 10.7. The maximum Gasteiger partial charge on any atom is 0.335 e. The summed E-state index contributed by atoms with van der Waals surface area (Å²) in [6, 6.07) is 9.72. The van der Waals surface area contributed by atoms with Gasteiger partial charge in [0.1, 0.15) is 12.0 Å². The summed E-state index contributed by atoms with van der Waals surface area (Å²) >= 11 is 0. The lowest BCUT2D eigenvalue weighted by Gasteiger charge is -1.99. The molecule has 70 valence electrons. The molecule has 14 heavy (non-hydrogen) atoms. The van der Waals surface area contributed by atoms with Gasteiger partial charge in [-0.1, -0.05) is 12.1 Å². The highest BCUT2D eigenvalue weighted by atomic mass is 16.4. The summed E-state index contributed by atoms with van der Waals surface area (Å²) in [5.41, 5.74) is 1.34. The number of rotatable bonds is 1. The lowest BCUT2D eigenvalue weighted by Crippen LogP contribution is -1.93. The van der Waals surface area contributed by atoms with Crippen molar-refractivity contribution in [1.82, 2.24) is 0 Å². The average Bonchev–Trinajstić information content (AvgIpc) is 2.21. The molecular formula is C11H8O3. The van der Waals surface area contributed by atoms with E-state index in [4.69, 9.17) is 9.52 Å². The first-order valence-corrected chi connectivity index (χ1v) is 4.14. The number of aromatic hydroxyl groups is 1. The van der Waals surface area contributed by atoms with Crippen molar-refractivity contribution in [2.75, 3.05) is 0 Å².